The molecule has 3 N–H and O–H groups in total. The Morgan fingerprint density at radius 1 is 1.19 bits per heavy atom. The van der Waals surface area contributed by atoms with Gasteiger partial charge in [0.05, 0.1) is 11.1 Å². The van der Waals surface area contributed by atoms with Crippen LogP contribution in [0.1, 0.15) is 47.4 Å². The third-order valence-corrected chi connectivity index (χ3v) is 3.15. The Bertz CT molecular complexity index is 582. The highest BCUT2D eigenvalue weighted by Crippen LogP contribution is 2.20. The number of fused-ring (bicyclic) bond motifs is 1. The monoisotopic (exact) mass is 289 g/mol. The van der Waals surface area contributed by atoms with Crippen molar-refractivity contribution in [3.05, 3.63) is 29.3 Å². The number of benzene rings is 1. The van der Waals surface area contributed by atoms with E-state index in [1.54, 1.807) is 12.1 Å². The van der Waals surface area contributed by atoms with Gasteiger partial charge in [0.1, 0.15) is 0 Å². The van der Waals surface area contributed by atoms with E-state index in [0.717, 1.165) is 13.0 Å². The fourth-order valence-electron chi connectivity index (χ4n) is 2.11. The summed E-state index contributed by atoms with van der Waals surface area (Å²) in [6.07, 6.45) is 1.15. The second kappa shape index (κ2) is 6.49. The number of carbonyl (C=O) groups excluding carboxylic acids is 3. The highest BCUT2D eigenvalue weighted by atomic mass is 16.2. The predicted octanol–water partition coefficient (Wildman–Crippen LogP) is 1.29. The van der Waals surface area contributed by atoms with Crippen LogP contribution in [0, 0.1) is 0 Å². The summed E-state index contributed by atoms with van der Waals surface area (Å²) in [6, 6.07) is 5.10. The van der Waals surface area contributed by atoms with Gasteiger partial charge >= 0.3 is 0 Å². The predicted molar refractivity (Wildman–Crippen MR) is 79.2 cm³/mol. The van der Waals surface area contributed by atoms with E-state index in [1.165, 1.54) is 6.07 Å². The van der Waals surface area contributed by atoms with Crippen molar-refractivity contribution in [2.45, 2.75) is 32.7 Å². The normalized spacial score (nSPS) is 13.3. The Balaban J connectivity index is 1.89. The average Bonchev–Trinajstić information content (AvgIpc) is 2.70. The van der Waals surface area contributed by atoms with Crippen LogP contribution in [0.3, 0.4) is 0 Å². The van der Waals surface area contributed by atoms with Gasteiger partial charge in [0, 0.05) is 18.2 Å². The number of hydrogen-bond donors (Lipinski definition) is 3. The molecule has 6 nitrogen and oxygen atoms in total. The number of hydrogen-bond acceptors (Lipinski definition) is 4. The van der Waals surface area contributed by atoms with Crippen LogP contribution in [-0.4, -0.2) is 30.3 Å². The van der Waals surface area contributed by atoms with Crippen LogP contribution in [0.4, 0.5) is 5.69 Å². The number of carbonyl (C=O) groups is 3. The molecule has 21 heavy (non-hydrogen) atoms. The standard InChI is InChI=1S/C15H19N3O3/c1-9(2)16-7-3-4-13(19)17-10-5-6-11-12(8-10)15(21)18-14(11)20/h5-6,8-9,16H,3-4,7H2,1-2H3,(H,17,19)(H,18,20,21). The van der Waals surface area contributed by atoms with E-state index in [1.807, 2.05) is 0 Å². The maximum absolute atomic E-state index is 11.8. The lowest BCUT2D eigenvalue weighted by atomic mass is 10.1. The van der Waals surface area contributed by atoms with Crippen molar-refractivity contribution >= 4 is 23.4 Å². The van der Waals surface area contributed by atoms with E-state index >= 15 is 0 Å². The van der Waals surface area contributed by atoms with Gasteiger partial charge in [-0.25, -0.2) is 0 Å². The Morgan fingerprint density at radius 2 is 1.90 bits per heavy atom. The molecule has 0 saturated heterocycles. The highest BCUT2D eigenvalue weighted by Gasteiger charge is 2.26. The van der Waals surface area contributed by atoms with E-state index < -0.39 is 11.8 Å². The molecule has 1 aliphatic heterocycles. The molecule has 0 saturated carbocycles. The molecule has 0 bridgehead atoms. The number of nitrogens with one attached hydrogen (secondary N) is 3. The van der Waals surface area contributed by atoms with Gasteiger partial charge in [-0.1, -0.05) is 13.8 Å². The van der Waals surface area contributed by atoms with Crippen LogP contribution >= 0.6 is 0 Å². The molecule has 0 radical (unpaired) electrons. The van der Waals surface area contributed by atoms with Gasteiger partial charge < -0.3 is 10.6 Å². The molecule has 1 aromatic rings. The summed E-state index contributed by atoms with van der Waals surface area (Å²) in [5, 5.41) is 8.19. The van der Waals surface area contributed by atoms with Crippen LogP contribution in [0.2, 0.25) is 0 Å². The molecule has 112 valence electrons. The second-order valence-electron chi connectivity index (χ2n) is 5.30. The van der Waals surface area contributed by atoms with Gasteiger partial charge in [-0.15, -0.1) is 0 Å². The molecule has 1 aliphatic rings. The van der Waals surface area contributed by atoms with Crippen molar-refractivity contribution in [2.75, 3.05) is 11.9 Å². The Hall–Kier alpha value is -2.21. The first kappa shape index (κ1) is 15.2. The fourth-order valence-corrected chi connectivity index (χ4v) is 2.11. The third kappa shape index (κ3) is 3.88. The number of amides is 3. The zero-order valence-electron chi connectivity index (χ0n) is 12.2. The Labute approximate surface area is 123 Å². The van der Waals surface area contributed by atoms with Crippen molar-refractivity contribution in [1.29, 1.82) is 0 Å². The van der Waals surface area contributed by atoms with Gasteiger partial charge in [-0.05, 0) is 31.2 Å². The molecule has 0 aliphatic carbocycles. The van der Waals surface area contributed by atoms with Crippen molar-refractivity contribution in [3.8, 4) is 0 Å². The summed E-state index contributed by atoms with van der Waals surface area (Å²) in [7, 11) is 0. The van der Waals surface area contributed by atoms with Gasteiger partial charge in [0.2, 0.25) is 5.91 Å². The summed E-state index contributed by atoms with van der Waals surface area (Å²) in [6.45, 7) is 4.89. The molecular weight excluding hydrogens is 270 g/mol. The van der Waals surface area contributed by atoms with Crippen LogP contribution in [0.25, 0.3) is 0 Å². The molecule has 0 unspecified atom stereocenters. The highest BCUT2D eigenvalue weighted by molar-refractivity contribution is 6.22. The lowest BCUT2D eigenvalue weighted by Gasteiger charge is -2.08. The van der Waals surface area contributed by atoms with Crippen molar-refractivity contribution in [3.63, 3.8) is 0 Å². The summed E-state index contributed by atoms with van der Waals surface area (Å²) in [5.74, 6) is -0.926. The smallest absolute Gasteiger partial charge is 0.259 e. The zero-order valence-corrected chi connectivity index (χ0v) is 12.2. The van der Waals surface area contributed by atoms with Crippen LogP contribution in [-0.2, 0) is 4.79 Å². The largest absolute Gasteiger partial charge is 0.326 e. The molecule has 0 atom stereocenters. The number of anilines is 1. The minimum absolute atomic E-state index is 0.106. The second-order valence-corrected chi connectivity index (χ2v) is 5.30. The Kier molecular flexibility index (Phi) is 4.70. The topological polar surface area (TPSA) is 87.3 Å². The molecule has 1 heterocycles. The lowest BCUT2D eigenvalue weighted by molar-refractivity contribution is -0.116. The molecule has 0 spiro atoms. The molecule has 1 aromatic carbocycles. The maximum Gasteiger partial charge on any atom is 0.259 e. The first-order chi connectivity index (χ1) is 9.97. The Morgan fingerprint density at radius 3 is 2.62 bits per heavy atom. The van der Waals surface area contributed by atoms with Gasteiger partial charge in [-0.3, -0.25) is 19.7 Å². The van der Waals surface area contributed by atoms with E-state index in [4.69, 9.17) is 0 Å². The van der Waals surface area contributed by atoms with E-state index in [-0.39, 0.29) is 5.91 Å². The van der Waals surface area contributed by atoms with E-state index in [2.05, 4.69) is 29.8 Å². The van der Waals surface area contributed by atoms with Crippen molar-refractivity contribution in [2.24, 2.45) is 0 Å². The third-order valence-electron chi connectivity index (χ3n) is 3.15. The van der Waals surface area contributed by atoms with Gasteiger partial charge in [-0.2, -0.15) is 0 Å². The minimum atomic E-state index is -0.424. The molecule has 2 rings (SSSR count). The molecule has 6 heteroatoms. The van der Waals surface area contributed by atoms with Crippen molar-refractivity contribution < 1.29 is 14.4 Å². The van der Waals surface area contributed by atoms with Gasteiger partial charge in [0.15, 0.2) is 0 Å². The quantitative estimate of drug-likeness (QED) is 0.544. The molecule has 3 amide bonds. The minimum Gasteiger partial charge on any atom is -0.326 e. The van der Waals surface area contributed by atoms with Crippen LogP contribution in [0.15, 0.2) is 18.2 Å². The zero-order chi connectivity index (χ0) is 15.4. The number of imide groups is 1. The summed E-state index contributed by atoms with van der Waals surface area (Å²) in [4.78, 5) is 34.7. The van der Waals surface area contributed by atoms with Crippen LogP contribution < -0.4 is 16.0 Å². The first-order valence-corrected chi connectivity index (χ1v) is 7.00. The fraction of sp³-hybridized carbons (Fsp3) is 0.400. The van der Waals surface area contributed by atoms with E-state index in [0.29, 0.717) is 29.3 Å². The molecular formula is C15H19N3O3. The van der Waals surface area contributed by atoms with Crippen LogP contribution in [0.5, 0.6) is 0 Å². The van der Waals surface area contributed by atoms with Crippen molar-refractivity contribution in [1.82, 2.24) is 10.6 Å². The maximum atomic E-state index is 11.8. The van der Waals surface area contributed by atoms with E-state index in [9.17, 15) is 14.4 Å². The summed E-state index contributed by atoms with van der Waals surface area (Å²) < 4.78 is 0. The SMILES string of the molecule is CC(C)NCCCC(=O)Nc1ccc2c(c1)C(=O)NC2=O. The summed E-state index contributed by atoms with van der Waals surface area (Å²) >= 11 is 0. The average molecular weight is 289 g/mol. The summed E-state index contributed by atoms with van der Waals surface area (Å²) in [5.41, 5.74) is 1.18. The molecule has 0 fully saturated rings. The van der Waals surface area contributed by atoms with Gasteiger partial charge in [0.25, 0.3) is 11.8 Å². The lowest BCUT2D eigenvalue weighted by Crippen LogP contribution is -2.24. The molecule has 0 aromatic heterocycles. The number of rotatable bonds is 6. The first-order valence-electron chi connectivity index (χ1n) is 7.00.